The zero-order chi connectivity index (χ0) is 18.2. The molecule has 0 fully saturated rings. The molecule has 2 rings (SSSR count). The van der Waals surface area contributed by atoms with Gasteiger partial charge in [-0.1, -0.05) is 26.0 Å². The monoisotopic (exact) mass is 393 g/mol. The second-order valence-corrected chi connectivity index (χ2v) is 7.39. The lowest BCUT2D eigenvalue weighted by Crippen LogP contribution is -2.30. The molecule has 0 unspecified atom stereocenters. The zero-order valence-electron chi connectivity index (χ0n) is 14.8. The summed E-state index contributed by atoms with van der Waals surface area (Å²) in [6, 6.07) is 14.3. The Kier molecular flexibility index (Phi) is 9.19. The largest absolute Gasteiger partial charge is 0.351 e. The molecule has 0 spiro atoms. The molecule has 0 saturated carbocycles. The van der Waals surface area contributed by atoms with Gasteiger partial charge in [0, 0.05) is 28.8 Å². The quantitative estimate of drug-likeness (QED) is 0.628. The summed E-state index contributed by atoms with van der Waals surface area (Å²) in [6.07, 6.45) is 0. The van der Waals surface area contributed by atoms with E-state index in [1.54, 1.807) is 48.2 Å². The Hall–Kier alpha value is -2.02. The van der Waals surface area contributed by atoms with Crippen LogP contribution in [0.15, 0.2) is 53.4 Å². The summed E-state index contributed by atoms with van der Waals surface area (Å²) in [6.45, 7) is 4.99. The molecule has 0 aliphatic carbocycles. The molecule has 2 aromatic carbocycles. The SMILES string of the molecule is CC(C)Sc1ccc(C(=O)Nc2ccccc2C(=O)NCCN)cc1.Cl. The smallest absolute Gasteiger partial charge is 0.255 e. The molecular formula is C19H24ClN3O2S. The van der Waals surface area contributed by atoms with Crippen LogP contribution >= 0.6 is 24.2 Å². The molecule has 2 aromatic rings. The number of rotatable bonds is 7. The van der Waals surface area contributed by atoms with Crippen LogP contribution in [0.2, 0.25) is 0 Å². The summed E-state index contributed by atoms with van der Waals surface area (Å²) in [7, 11) is 0. The van der Waals surface area contributed by atoms with Crippen molar-refractivity contribution in [1.82, 2.24) is 5.32 Å². The van der Waals surface area contributed by atoms with E-state index in [1.807, 2.05) is 12.1 Å². The molecule has 5 nitrogen and oxygen atoms in total. The van der Waals surface area contributed by atoms with Crippen LogP contribution in [0.25, 0.3) is 0 Å². The molecule has 0 heterocycles. The van der Waals surface area contributed by atoms with Gasteiger partial charge in [0.15, 0.2) is 0 Å². The summed E-state index contributed by atoms with van der Waals surface area (Å²) in [5, 5.41) is 6.00. The van der Waals surface area contributed by atoms with Crippen LogP contribution in [0.4, 0.5) is 5.69 Å². The highest BCUT2D eigenvalue weighted by Crippen LogP contribution is 2.23. The number of carbonyl (C=O) groups is 2. The minimum Gasteiger partial charge on any atom is -0.351 e. The highest BCUT2D eigenvalue weighted by molar-refractivity contribution is 7.99. The summed E-state index contributed by atoms with van der Waals surface area (Å²) in [5.41, 5.74) is 6.84. The number of amides is 2. The van der Waals surface area contributed by atoms with Gasteiger partial charge in [0.2, 0.25) is 0 Å². The number of carbonyl (C=O) groups excluding carboxylic acids is 2. The number of halogens is 1. The number of thioether (sulfide) groups is 1. The highest BCUT2D eigenvalue weighted by atomic mass is 35.5. The van der Waals surface area contributed by atoms with Crippen molar-refractivity contribution in [3.63, 3.8) is 0 Å². The maximum absolute atomic E-state index is 12.5. The number of anilines is 1. The summed E-state index contributed by atoms with van der Waals surface area (Å²) < 4.78 is 0. The average Bonchev–Trinajstić information content (AvgIpc) is 2.60. The molecule has 0 bridgehead atoms. The molecule has 0 radical (unpaired) electrons. The molecule has 0 saturated heterocycles. The molecule has 0 aliphatic heterocycles. The van der Waals surface area contributed by atoms with Crippen molar-refractivity contribution in [1.29, 1.82) is 0 Å². The first kappa shape index (κ1) is 22.0. The van der Waals surface area contributed by atoms with Crippen molar-refractivity contribution in [3.05, 3.63) is 59.7 Å². The summed E-state index contributed by atoms with van der Waals surface area (Å²) in [4.78, 5) is 25.8. The van der Waals surface area contributed by atoms with E-state index < -0.39 is 0 Å². The van der Waals surface area contributed by atoms with Gasteiger partial charge in [-0.05, 0) is 36.4 Å². The predicted octanol–water partition coefficient (Wildman–Crippen LogP) is 3.55. The maximum Gasteiger partial charge on any atom is 0.255 e. The van der Waals surface area contributed by atoms with Gasteiger partial charge in [-0.3, -0.25) is 9.59 Å². The molecule has 0 aromatic heterocycles. The lowest BCUT2D eigenvalue weighted by atomic mass is 10.1. The van der Waals surface area contributed by atoms with Crippen molar-refractivity contribution < 1.29 is 9.59 Å². The molecule has 2 amide bonds. The fraction of sp³-hybridized carbons (Fsp3) is 0.263. The van der Waals surface area contributed by atoms with E-state index >= 15 is 0 Å². The first-order valence-corrected chi connectivity index (χ1v) is 9.04. The van der Waals surface area contributed by atoms with E-state index in [1.165, 1.54) is 0 Å². The minimum absolute atomic E-state index is 0. The van der Waals surface area contributed by atoms with Gasteiger partial charge in [0.05, 0.1) is 11.3 Å². The second-order valence-electron chi connectivity index (χ2n) is 5.74. The Balaban J connectivity index is 0.00000338. The number of nitrogens with two attached hydrogens (primary N) is 1. The van der Waals surface area contributed by atoms with Gasteiger partial charge in [-0.25, -0.2) is 0 Å². The normalized spacial score (nSPS) is 10.2. The number of benzene rings is 2. The van der Waals surface area contributed by atoms with Gasteiger partial charge < -0.3 is 16.4 Å². The van der Waals surface area contributed by atoms with Crippen LogP contribution in [0.3, 0.4) is 0 Å². The fourth-order valence-electron chi connectivity index (χ4n) is 2.22. The maximum atomic E-state index is 12.5. The van der Waals surface area contributed by atoms with Gasteiger partial charge in [0.1, 0.15) is 0 Å². The molecule has 7 heteroatoms. The van der Waals surface area contributed by atoms with Crippen LogP contribution in [0, 0.1) is 0 Å². The van der Waals surface area contributed by atoms with E-state index in [0.717, 1.165) is 4.90 Å². The molecule has 140 valence electrons. The third kappa shape index (κ3) is 6.37. The molecule has 0 aliphatic rings. The van der Waals surface area contributed by atoms with Crippen molar-refractivity contribution in [2.24, 2.45) is 5.73 Å². The van der Waals surface area contributed by atoms with E-state index in [-0.39, 0.29) is 24.2 Å². The topological polar surface area (TPSA) is 84.2 Å². The van der Waals surface area contributed by atoms with Gasteiger partial charge in [0.25, 0.3) is 11.8 Å². The Labute approximate surface area is 164 Å². The van der Waals surface area contributed by atoms with Crippen LogP contribution in [0.5, 0.6) is 0 Å². The molecule has 26 heavy (non-hydrogen) atoms. The number of hydrogen-bond donors (Lipinski definition) is 3. The first-order valence-electron chi connectivity index (χ1n) is 8.16. The van der Waals surface area contributed by atoms with Crippen molar-refractivity contribution in [2.45, 2.75) is 24.0 Å². The summed E-state index contributed by atoms with van der Waals surface area (Å²) >= 11 is 1.74. The lowest BCUT2D eigenvalue weighted by Gasteiger charge is -2.11. The molecule has 4 N–H and O–H groups in total. The highest BCUT2D eigenvalue weighted by Gasteiger charge is 2.13. The lowest BCUT2D eigenvalue weighted by molar-refractivity contribution is 0.0955. The number of nitrogens with one attached hydrogen (secondary N) is 2. The first-order chi connectivity index (χ1) is 12.0. The van der Waals surface area contributed by atoms with E-state index in [4.69, 9.17) is 5.73 Å². The average molecular weight is 394 g/mol. The third-order valence-electron chi connectivity index (χ3n) is 3.34. The van der Waals surface area contributed by atoms with Crippen LogP contribution in [-0.2, 0) is 0 Å². The van der Waals surface area contributed by atoms with Crippen molar-refractivity contribution >= 4 is 41.7 Å². The van der Waals surface area contributed by atoms with Gasteiger partial charge in [-0.2, -0.15) is 0 Å². The van der Waals surface area contributed by atoms with E-state index in [2.05, 4.69) is 24.5 Å². The Morgan fingerprint density at radius 2 is 1.69 bits per heavy atom. The van der Waals surface area contributed by atoms with Gasteiger partial charge >= 0.3 is 0 Å². The molecule has 0 atom stereocenters. The Bertz CT molecular complexity index is 736. The predicted molar refractivity (Wildman–Crippen MR) is 110 cm³/mol. The summed E-state index contributed by atoms with van der Waals surface area (Å²) in [5.74, 6) is -0.509. The molecular weight excluding hydrogens is 370 g/mol. The number of para-hydroxylation sites is 1. The standard InChI is InChI=1S/C19H23N3O2S.ClH/c1-13(2)25-15-9-7-14(8-10-15)18(23)22-17-6-4-3-5-16(17)19(24)21-12-11-20;/h3-10,13H,11-12,20H2,1-2H3,(H,21,24)(H,22,23);1H. The fourth-order valence-corrected chi connectivity index (χ4v) is 3.06. The van der Waals surface area contributed by atoms with Crippen molar-refractivity contribution in [3.8, 4) is 0 Å². The van der Waals surface area contributed by atoms with Crippen LogP contribution in [0.1, 0.15) is 34.6 Å². The Morgan fingerprint density at radius 1 is 1.04 bits per heavy atom. The third-order valence-corrected chi connectivity index (χ3v) is 4.35. The van der Waals surface area contributed by atoms with E-state index in [9.17, 15) is 9.59 Å². The van der Waals surface area contributed by atoms with Crippen molar-refractivity contribution in [2.75, 3.05) is 18.4 Å². The Morgan fingerprint density at radius 3 is 2.31 bits per heavy atom. The zero-order valence-corrected chi connectivity index (χ0v) is 16.5. The van der Waals surface area contributed by atoms with Crippen LogP contribution < -0.4 is 16.4 Å². The van der Waals surface area contributed by atoms with Crippen LogP contribution in [-0.4, -0.2) is 30.2 Å². The minimum atomic E-state index is -0.259. The second kappa shape index (κ2) is 10.9. The van der Waals surface area contributed by atoms with Gasteiger partial charge in [-0.15, -0.1) is 24.2 Å². The number of hydrogen-bond acceptors (Lipinski definition) is 4. The van der Waals surface area contributed by atoms with E-state index in [0.29, 0.717) is 35.2 Å².